The minimum Gasteiger partial charge on any atom is -0.379 e. The van der Waals surface area contributed by atoms with Gasteiger partial charge in [0, 0.05) is 50.4 Å². The Labute approximate surface area is 195 Å². The summed E-state index contributed by atoms with van der Waals surface area (Å²) >= 11 is 5.76. The molecule has 2 fully saturated rings. The summed E-state index contributed by atoms with van der Waals surface area (Å²) in [5.74, 6) is 0. The van der Waals surface area contributed by atoms with Gasteiger partial charge in [-0.15, -0.1) is 0 Å². The maximum atomic E-state index is 12.8. The quantitative estimate of drug-likeness (QED) is 0.588. The molecule has 1 aromatic carbocycles. The number of ether oxygens (including phenoxy) is 2. The zero-order chi connectivity index (χ0) is 22.3. The molecule has 4 rings (SSSR count). The molecule has 2 N–H and O–H groups in total. The van der Waals surface area contributed by atoms with E-state index in [0.717, 1.165) is 81.7 Å². The zero-order valence-electron chi connectivity index (χ0n) is 18.9. The molecule has 3 heterocycles. The number of aromatic amines is 1. The average Bonchev–Trinajstić information content (AvgIpc) is 3.34. The van der Waals surface area contributed by atoms with Gasteiger partial charge in [-0.25, -0.2) is 0 Å². The lowest BCUT2D eigenvalue weighted by molar-refractivity contribution is 0.0356. The first-order chi connectivity index (χ1) is 15.6. The van der Waals surface area contributed by atoms with Crippen molar-refractivity contribution in [3.63, 3.8) is 0 Å². The minimum absolute atomic E-state index is 0.0555. The fraction of sp³-hybridized carbons (Fsp3) is 0.583. The molecule has 7 nitrogen and oxygen atoms in total. The summed E-state index contributed by atoms with van der Waals surface area (Å²) in [6.45, 7) is 9.19. The van der Waals surface area contributed by atoms with E-state index in [1.54, 1.807) is 0 Å². The maximum absolute atomic E-state index is 12.8. The van der Waals surface area contributed by atoms with Gasteiger partial charge in [0.05, 0.1) is 25.9 Å². The first-order valence-electron chi connectivity index (χ1n) is 11.7. The summed E-state index contributed by atoms with van der Waals surface area (Å²) in [5, 5.41) is 5.12. The van der Waals surface area contributed by atoms with Gasteiger partial charge in [-0.2, -0.15) is 0 Å². The van der Waals surface area contributed by atoms with Crippen LogP contribution in [0.1, 0.15) is 30.9 Å². The van der Waals surface area contributed by atoms with Crippen molar-refractivity contribution in [3.8, 4) is 0 Å². The number of pyridine rings is 1. The average molecular weight is 459 g/mol. The van der Waals surface area contributed by atoms with Gasteiger partial charge >= 0.3 is 0 Å². The van der Waals surface area contributed by atoms with Gasteiger partial charge in [-0.05, 0) is 60.6 Å². The molecule has 2 saturated heterocycles. The molecule has 0 spiro atoms. The van der Waals surface area contributed by atoms with Crippen LogP contribution in [0.4, 0.5) is 0 Å². The Morgan fingerprint density at radius 3 is 2.88 bits per heavy atom. The topological polar surface area (TPSA) is 69.8 Å². The second-order valence-corrected chi connectivity index (χ2v) is 8.98. The van der Waals surface area contributed by atoms with Crippen LogP contribution in [-0.4, -0.2) is 78.5 Å². The summed E-state index contributed by atoms with van der Waals surface area (Å²) < 4.78 is 11.2. The molecular formula is C24H34N4O3S. The van der Waals surface area contributed by atoms with Crippen molar-refractivity contribution in [1.29, 1.82) is 0 Å². The summed E-state index contributed by atoms with van der Waals surface area (Å²) in [4.78, 5) is 20.4. The van der Waals surface area contributed by atoms with Crippen LogP contribution in [0.5, 0.6) is 0 Å². The number of thiocarbonyl (C=S) groups is 1. The van der Waals surface area contributed by atoms with Crippen molar-refractivity contribution < 1.29 is 9.47 Å². The van der Waals surface area contributed by atoms with Crippen LogP contribution in [0.3, 0.4) is 0 Å². The van der Waals surface area contributed by atoms with Gasteiger partial charge in [0.1, 0.15) is 0 Å². The summed E-state index contributed by atoms with van der Waals surface area (Å²) in [6, 6.07) is 8.22. The third-order valence-corrected chi connectivity index (χ3v) is 6.74. The predicted molar refractivity (Wildman–Crippen MR) is 131 cm³/mol. The standard InChI is InChI=1S/C24H34N4O3S/c1-2-18-5-6-22-19(14-18)15-20(23(29)26-22)17-28(8-7-27-9-12-30-13-10-27)24(32)25-16-21-4-3-11-31-21/h5-6,14-15,21H,2-4,7-13,16-17H2,1H3,(H,25,32)(H,26,29)/t21-/m0/s1. The molecule has 0 bridgehead atoms. The van der Waals surface area contributed by atoms with Crippen molar-refractivity contribution in [2.24, 2.45) is 0 Å². The Morgan fingerprint density at radius 2 is 2.12 bits per heavy atom. The number of fused-ring (bicyclic) bond motifs is 1. The Bertz CT molecular complexity index is 967. The van der Waals surface area contributed by atoms with E-state index in [2.05, 4.69) is 39.2 Å². The lowest BCUT2D eigenvalue weighted by Gasteiger charge is -2.31. The fourth-order valence-corrected chi connectivity index (χ4v) is 4.54. The van der Waals surface area contributed by atoms with Crippen LogP contribution in [0.2, 0.25) is 0 Å². The fourth-order valence-electron chi connectivity index (χ4n) is 4.30. The normalized spacial score (nSPS) is 19.3. The summed E-state index contributed by atoms with van der Waals surface area (Å²) in [7, 11) is 0. The number of nitrogens with one attached hydrogen (secondary N) is 2. The Kier molecular flexibility index (Phi) is 8.13. The van der Waals surface area contributed by atoms with Crippen molar-refractivity contribution in [2.45, 2.75) is 38.8 Å². The molecule has 2 aromatic rings. The Balaban J connectivity index is 1.49. The lowest BCUT2D eigenvalue weighted by Crippen LogP contribution is -2.47. The third kappa shape index (κ3) is 6.07. The van der Waals surface area contributed by atoms with Crippen molar-refractivity contribution >= 4 is 28.2 Å². The van der Waals surface area contributed by atoms with E-state index in [-0.39, 0.29) is 11.7 Å². The van der Waals surface area contributed by atoms with Gasteiger partial charge in [0.15, 0.2) is 5.11 Å². The van der Waals surface area contributed by atoms with Gasteiger partial charge in [-0.3, -0.25) is 9.69 Å². The molecule has 0 aliphatic carbocycles. The van der Waals surface area contributed by atoms with Gasteiger partial charge in [0.25, 0.3) is 5.56 Å². The predicted octanol–water partition coefficient (Wildman–Crippen LogP) is 2.28. The summed E-state index contributed by atoms with van der Waals surface area (Å²) in [6.07, 6.45) is 3.35. The number of benzene rings is 1. The molecule has 2 aliphatic heterocycles. The van der Waals surface area contributed by atoms with E-state index in [1.165, 1.54) is 5.56 Å². The number of morpholine rings is 1. The van der Waals surface area contributed by atoms with Crippen LogP contribution >= 0.6 is 12.2 Å². The smallest absolute Gasteiger partial charge is 0.253 e. The molecule has 32 heavy (non-hydrogen) atoms. The van der Waals surface area contributed by atoms with Crippen molar-refractivity contribution in [1.82, 2.24) is 20.1 Å². The van der Waals surface area contributed by atoms with E-state index in [9.17, 15) is 4.79 Å². The van der Waals surface area contributed by atoms with Crippen molar-refractivity contribution in [3.05, 3.63) is 45.7 Å². The second kappa shape index (κ2) is 11.2. The molecule has 8 heteroatoms. The molecule has 174 valence electrons. The van der Waals surface area contributed by atoms with Crippen LogP contribution in [0.15, 0.2) is 29.1 Å². The number of nitrogens with zero attached hydrogens (tertiary/aromatic N) is 2. The molecule has 0 unspecified atom stereocenters. The highest BCUT2D eigenvalue weighted by Gasteiger charge is 2.19. The number of hydrogen-bond donors (Lipinski definition) is 2. The molecule has 0 saturated carbocycles. The highest BCUT2D eigenvalue weighted by atomic mass is 32.1. The SMILES string of the molecule is CCc1ccc2[nH]c(=O)c(CN(CCN3CCOCC3)C(=S)NC[C@@H]3CCCO3)cc2c1. The van der Waals surface area contributed by atoms with Gasteiger partial charge < -0.3 is 24.7 Å². The van der Waals surface area contributed by atoms with Crippen LogP contribution in [0, 0.1) is 0 Å². The summed E-state index contributed by atoms with van der Waals surface area (Å²) in [5.41, 5.74) is 2.80. The number of rotatable bonds is 8. The van der Waals surface area contributed by atoms with Crippen LogP contribution in [0.25, 0.3) is 10.9 Å². The van der Waals surface area contributed by atoms with Crippen molar-refractivity contribution in [2.75, 3.05) is 52.5 Å². The molecule has 1 aromatic heterocycles. The monoisotopic (exact) mass is 458 g/mol. The van der Waals surface area contributed by atoms with Gasteiger partial charge in [0.2, 0.25) is 0 Å². The number of H-pyrrole nitrogens is 1. The molecule has 1 atom stereocenters. The van der Waals surface area contributed by atoms with E-state index in [4.69, 9.17) is 21.7 Å². The minimum atomic E-state index is -0.0555. The van der Waals surface area contributed by atoms with Gasteiger partial charge in [-0.1, -0.05) is 13.0 Å². The highest BCUT2D eigenvalue weighted by molar-refractivity contribution is 7.80. The van der Waals surface area contributed by atoms with E-state index < -0.39 is 0 Å². The maximum Gasteiger partial charge on any atom is 0.253 e. The molecule has 0 radical (unpaired) electrons. The van der Waals surface area contributed by atoms with E-state index >= 15 is 0 Å². The second-order valence-electron chi connectivity index (χ2n) is 8.60. The first kappa shape index (κ1) is 23.2. The number of aryl methyl sites for hydroxylation is 1. The number of aromatic nitrogens is 1. The highest BCUT2D eigenvalue weighted by Crippen LogP contribution is 2.16. The first-order valence-corrected chi connectivity index (χ1v) is 12.1. The van der Waals surface area contributed by atoms with Crippen LogP contribution < -0.4 is 10.9 Å². The molecule has 0 amide bonds. The largest absolute Gasteiger partial charge is 0.379 e. The van der Waals surface area contributed by atoms with E-state index in [1.807, 2.05) is 12.1 Å². The third-order valence-electron chi connectivity index (χ3n) is 6.34. The van der Waals surface area contributed by atoms with E-state index in [0.29, 0.717) is 18.2 Å². The zero-order valence-corrected chi connectivity index (χ0v) is 19.7. The molecular weight excluding hydrogens is 424 g/mol. The Morgan fingerprint density at radius 1 is 1.28 bits per heavy atom. The molecule has 2 aliphatic rings. The Hall–Kier alpha value is -2.00. The number of hydrogen-bond acceptors (Lipinski definition) is 5. The van der Waals surface area contributed by atoms with Crippen LogP contribution in [-0.2, 0) is 22.4 Å². The lowest BCUT2D eigenvalue weighted by atomic mass is 10.1.